The molecule has 4 heteroatoms. The Hall–Kier alpha value is -1.84. The molecule has 0 fully saturated rings. The van der Waals surface area contributed by atoms with Crippen LogP contribution in [-0.4, -0.2) is 18.7 Å². The standard InChI is InChI=1S/C12H14O4/c1-10(15-9-13)16-12(14)8-7-11-5-3-2-4-6-11/h2-6,9-10H,7-8H2,1H3. The second-order valence-electron chi connectivity index (χ2n) is 3.28. The van der Waals surface area contributed by atoms with Crippen molar-refractivity contribution in [3.8, 4) is 0 Å². The van der Waals surface area contributed by atoms with Gasteiger partial charge in [-0.1, -0.05) is 30.3 Å². The van der Waals surface area contributed by atoms with Gasteiger partial charge in [-0.3, -0.25) is 9.59 Å². The van der Waals surface area contributed by atoms with Gasteiger partial charge < -0.3 is 9.47 Å². The summed E-state index contributed by atoms with van der Waals surface area (Å²) in [5.74, 6) is -0.377. The van der Waals surface area contributed by atoms with Crippen molar-refractivity contribution in [2.24, 2.45) is 0 Å². The van der Waals surface area contributed by atoms with Crippen molar-refractivity contribution in [1.29, 1.82) is 0 Å². The normalized spacial score (nSPS) is 11.6. The number of benzene rings is 1. The second-order valence-corrected chi connectivity index (χ2v) is 3.28. The van der Waals surface area contributed by atoms with Gasteiger partial charge in [0.15, 0.2) is 0 Å². The van der Waals surface area contributed by atoms with Crippen LogP contribution in [0.2, 0.25) is 0 Å². The van der Waals surface area contributed by atoms with E-state index in [4.69, 9.17) is 4.74 Å². The zero-order valence-electron chi connectivity index (χ0n) is 9.09. The minimum absolute atomic E-state index is 0.259. The molecule has 0 aromatic heterocycles. The zero-order valence-corrected chi connectivity index (χ0v) is 9.09. The van der Waals surface area contributed by atoms with Crippen LogP contribution in [0.1, 0.15) is 18.9 Å². The highest BCUT2D eigenvalue weighted by Crippen LogP contribution is 2.04. The van der Waals surface area contributed by atoms with Crippen LogP contribution < -0.4 is 0 Å². The van der Waals surface area contributed by atoms with Crippen molar-refractivity contribution in [2.45, 2.75) is 26.1 Å². The summed E-state index contributed by atoms with van der Waals surface area (Å²) in [5.41, 5.74) is 1.07. The quantitative estimate of drug-likeness (QED) is 0.417. The van der Waals surface area contributed by atoms with Gasteiger partial charge in [-0.15, -0.1) is 0 Å². The molecule has 0 radical (unpaired) electrons. The first-order chi connectivity index (χ1) is 7.72. The lowest BCUT2D eigenvalue weighted by Crippen LogP contribution is -2.17. The van der Waals surface area contributed by atoms with Gasteiger partial charge in [0.05, 0.1) is 0 Å². The van der Waals surface area contributed by atoms with Crippen molar-refractivity contribution in [1.82, 2.24) is 0 Å². The molecule has 0 amide bonds. The van der Waals surface area contributed by atoms with E-state index in [2.05, 4.69) is 4.74 Å². The first kappa shape index (κ1) is 12.2. The summed E-state index contributed by atoms with van der Waals surface area (Å²) in [7, 11) is 0. The van der Waals surface area contributed by atoms with Gasteiger partial charge >= 0.3 is 5.97 Å². The van der Waals surface area contributed by atoms with E-state index >= 15 is 0 Å². The van der Waals surface area contributed by atoms with E-state index < -0.39 is 6.29 Å². The average Bonchev–Trinajstić information content (AvgIpc) is 2.28. The lowest BCUT2D eigenvalue weighted by atomic mass is 10.1. The predicted molar refractivity (Wildman–Crippen MR) is 57.5 cm³/mol. The maximum atomic E-state index is 11.3. The lowest BCUT2D eigenvalue weighted by Gasteiger charge is -2.10. The molecule has 1 atom stereocenters. The summed E-state index contributed by atoms with van der Waals surface area (Å²) < 4.78 is 9.26. The van der Waals surface area contributed by atoms with Gasteiger partial charge in [-0.25, -0.2) is 0 Å². The molecule has 0 saturated carbocycles. The Morgan fingerprint density at radius 3 is 2.69 bits per heavy atom. The third-order valence-electron chi connectivity index (χ3n) is 2.01. The molecular formula is C12H14O4. The first-order valence-electron chi connectivity index (χ1n) is 5.05. The minimum atomic E-state index is -0.819. The molecule has 1 unspecified atom stereocenters. The molecular weight excluding hydrogens is 208 g/mol. The van der Waals surface area contributed by atoms with Crippen LogP contribution in [0, 0.1) is 0 Å². The Balaban J connectivity index is 2.28. The predicted octanol–water partition coefficient (Wildman–Crippen LogP) is 1.68. The largest absolute Gasteiger partial charge is 0.428 e. The third-order valence-corrected chi connectivity index (χ3v) is 2.01. The summed E-state index contributed by atoms with van der Waals surface area (Å²) in [5, 5.41) is 0. The van der Waals surface area contributed by atoms with Crippen LogP contribution in [0.4, 0.5) is 0 Å². The molecule has 4 nitrogen and oxygen atoms in total. The molecule has 1 aromatic rings. The minimum Gasteiger partial charge on any atom is -0.428 e. The highest BCUT2D eigenvalue weighted by Gasteiger charge is 2.09. The summed E-state index contributed by atoms with van der Waals surface area (Å²) in [6, 6.07) is 9.64. The number of aryl methyl sites for hydroxylation is 1. The van der Waals surface area contributed by atoms with E-state index in [1.165, 1.54) is 6.92 Å². The zero-order chi connectivity index (χ0) is 11.8. The van der Waals surface area contributed by atoms with Crippen molar-refractivity contribution in [3.63, 3.8) is 0 Å². The van der Waals surface area contributed by atoms with Crippen LogP contribution in [0.15, 0.2) is 30.3 Å². The fourth-order valence-electron chi connectivity index (χ4n) is 1.24. The second kappa shape index (κ2) is 6.61. The molecule has 16 heavy (non-hydrogen) atoms. The van der Waals surface area contributed by atoms with Crippen LogP contribution in [0.5, 0.6) is 0 Å². The SMILES string of the molecule is CC(OC=O)OC(=O)CCc1ccccc1. The molecule has 0 heterocycles. The molecule has 0 aliphatic rings. The average molecular weight is 222 g/mol. The number of ether oxygens (including phenoxy) is 2. The third kappa shape index (κ3) is 4.59. The van der Waals surface area contributed by atoms with E-state index in [0.29, 0.717) is 6.42 Å². The van der Waals surface area contributed by atoms with Gasteiger partial charge in [-0.2, -0.15) is 0 Å². The van der Waals surface area contributed by atoms with Gasteiger partial charge in [0.25, 0.3) is 6.47 Å². The molecule has 1 rings (SSSR count). The molecule has 1 aromatic carbocycles. The highest BCUT2D eigenvalue weighted by molar-refractivity contribution is 5.69. The fraction of sp³-hybridized carbons (Fsp3) is 0.333. The van der Waals surface area contributed by atoms with Crippen molar-refractivity contribution in [3.05, 3.63) is 35.9 Å². The van der Waals surface area contributed by atoms with Crippen LogP contribution in [0.3, 0.4) is 0 Å². The number of carbonyl (C=O) groups excluding carboxylic acids is 2. The van der Waals surface area contributed by atoms with Gasteiger partial charge in [0.1, 0.15) is 0 Å². The van der Waals surface area contributed by atoms with E-state index in [-0.39, 0.29) is 18.9 Å². The maximum Gasteiger partial charge on any atom is 0.309 e. The van der Waals surface area contributed by atoms with E-state index in [9.17, 15) is 9.59 Å². The van der Waals surface area contributed by atoms with Gasteiger partial charge in [0, 0.05) is 13.3 Å². The smallest absolute Gasteiger partial charge is 0.309 e. The Morgan fingerprint density at radius 1 is 1.38 bits per heavy atom. The van der Waals surface area contributed by atoms with E-state index in [0.717, 1.165) is 5.56 Å². The van der Waals surface area contributed by atoms with Crippen molar-refractivity contribution in [2.75, 3.05) is 0 Å². The Labute approximate surface area is 94.2 Å². The highest BCUT2D eigenvalue weighted by atomic mass is 16.7. The maximum absolute atomic E-state index is 11.3. The Morgan fingerprint density at radius 2 is 2.06 bits per heavy atom. The van der Waals surface area contributed by atoms with Crippen molar-refractivity contribution >= 4 is 12.4 Å². The lowest BCUT2D eigenvalue weighted by molar-refractivity contribution is -0.176. The van der Waals surface area contributed by atoms with E-state index in [1.54, 1.807) is 0 Å². The Bertz CT molecular complexity index is 334. The topological polar surface area (TPSA) is 52.6 Å². The number of hydrogen-bond donors (Lipinski definition) is 0. The molecule has 86 valence electrons. The molecule has 0 aliphatic heterocycles. The number of esters is 1. The molecule has 0 bridgehead atoms. The molecule has 0 aliphatic carbocycles. The Kier molecular flexibility index (Phi) is 5.05. The number of hydrogen-bond acceptors (Lipinski definition) is 4. The molecule has 0 spiro atoms. The summed E-state index contributed by atoms with van der Waals surface area (Å²) in [6.07, 6.45) is 0.0742. The first-order valence-corrected chi connectivity index (χ1v) is 5.05. The number of rotatable bonds is 6. The molecule has 0 saturated heterocycles. The van der Waals surface area contributed by atoms with Crippen LogP contribution in [-0.2, 0) is 25.5 Å². The van der Waals surface area contributed by atoms with Gasteiger partial charge in [0.2, 0.25) is 6.29 Å². The monoisotopic (exact) mass is 222 g/mol. The van der Waals surface area contributed by atoms with E-state index in [1.807, 2.05) is 30.3 Å². The molecule has 0 N–H and O–H groups in total. The van der Waals surface area contributed by atoms with Gasteiger partial charge in [-0.05, 0) is 12.0 Å². The summed E-state index contributed by atoms with van der Waals surface area (Å²) in [4.78, 5) is 21.2. The number of carbonyl (C=O) groups is 2. The summed E-state index contributed by atoms with van der Waals surface area (Å²) >= 11 is 0. The van der Waals surface area contributed by atoms with Crippen molar-refractivity contribution < 1.29 is 19.1 Å². The fourth-order valence-corrected chi connectivity index (χ4v) is 1.24. The van der Waals surface area contributed by atoms with Crippen LogP contribution >= 0.6 is 0 Å². The summed E-state index contributed by atoms with van der Waals surface area (Å²) in [6.45, 7) is 1.75. The van der Waals surface area contributed by atoms with Crippen LogP contribution in [0.25, 0.3) is 0 Å².